The van der Waals surface area contributed by atoms with Crippen LogP contribution in [0, 0.1) is 11.3 Å². The molecule has 1 rings (SSSR count). The summed E-state index contributed by atoms with van der Waals surface area (Å²) in [5.74, 6) is 0.821. The summed E-state index contributed by atoms with van der Waals surface area (Å²) in [6.45, 7) is 8.14. The molecule has 84 valence electrons. The molecule has 1 heterocycles. The molecule has 0 aliphatic rings. The van der Waals surface area contributed by atoms with Crippen LogP contribution in [0.1, 0.15) is 39.0 Å². The molecule has 0 aromatic carbocycles. The Morgan fingerprint density at radius 3 is 2.60 bits per heavy atom. The first-order valence-corrected chi connectivity index (χ1v) is 6.33. The van der Waals surface area contributed by atoms with E-state index in [2.05, 4.69) is 24.4 Å². The second-order valence-electron chi connectivity index (χ2n) is 5.27. The largest absolute Gasteiger partial charge is 0.299 e. The fraction of sp³-hybridized carbons (Fsp3) is 0.615. The lowest BCUT2D eigenvalue weighted by Gasteiger charge is -2.19. The SMILES string of the molecule is C[C@@H](CC(=O)C(C)(C)C)Cc1cccs1. The lowest BCUT2D eigenvalue weighted by molar-refractivity contribution is -0.127. The topological polar surface area (TPSA) is 17.1 Å². The van der Waals surface area contributed by atoms with Gasteiger partial charge in [-0.3, -0.25) is 4.79 Å². The summed E-state index contributed by atoms with van der Waals surface area (Å²) >= 11 is 1.77. The molecule has 15 heavy (non-hydrogen) atoms. The third-order valence-corrected chi connectivity index (χ3v) is 3.40. The van der Waals surface area contributed by atoms with Crippen LogP contribution in [0.3, 0.4) is 0 Å². The highest BCUT2D eigenvalue weighted by molar-refractivity contribution is 7.09. The summed E-state index contributed by atoms with van der Waals surface area (Å²) in [6.07, 6.45) is 1.72. The monoisotopic (exact) mass is 224 g/mol. The van der Waals surface area contributed by atoms with Crippen molar-refractivity contribution in [3.05, 3.63) is 22.4 Å². The summed E-state index contributed by atoms with van der Waals surface area (Å²) in [4.78, 5) is 13.2. The van der Waals surface area contributed by atoms with Gasteiger partial charge in [0.2, 0.25) is 0 Å². The highest BCUT2D eigenvalue weighted by Crippen LogP contribution is 2.22. The van der Waals surface area contributed by atoms with E-state index in [4.69, 9.17) is 0 Å². The zero-order valence-electron chi connectivity index (χ0n) is 10.0. The van der Waals surface area contributed by atoms with Crippen LogP contribution in [-0.4, -0.2) is 5.78 Å². The van der Waals surface area contributed by atoms with Crippen molar-refractivity contribution in [1.82, 2.24) is 0 Å². The molecular formula is C13H20OS. The molecule has 0 saturated heterocycles. The second kappa shape index (κ2) is 4.93. The lowest BCUT2D eigenvalue weighted by atomic mass is 9.85. The molecule has 0 amide bonds. The number of ketones is 1. The Morgan fingerprint density at radius 2 is 2.13 bits per heavy atom. The zero-order valence-corrected chi connectivity index (χ0v) is 10.9. The normalized spacial score (nSPS) is 13.9. The van der Waals surface area contributed by atoms with E-state index < -0.39 is 0 Å². The Hall–Kier alpha value is -0.630. The van der Waals surface area contributed by atoms with Gasteiger partial charge in [-0.05, 0) is 23.8 Å². The van der Waals surface area contributed by atoms with Crippen LogP contribution in [0.2, 0.25) is 0 Å². The van der Waals surface area contributed by atoms with Crippen molar-refractivity contribution >= 4 is 17.1 Å². The molecule has 0 unspecified atom stereocenters. The number of rotatable bonds is 4. The average Bonchev–Trinajstić information content (AvgIpc) is 2.54. The maximum atomic E-state index is 11.8. The highest BCUT2D eigenvalue weighted by Gasteiger charge is 2.22. The highest BCUT2D eigenvalue weighted by atomic mass is 32.1. The van der Waals surface area contributed by atoms with Gasteiger partial charge in [0, 0.05) is 16.7 Å². The minimum atomic E-state index is -0.191. The Morgan fingerprint density at radius 1 is 1.47 bits per heavy atom. The van der Waals surface area contributed by atoms with Crippen LogP contribution in [0.4, 0.5) is 0 Å². The van der Waals surface area contributed by atoms with Crippen LogP contribution in [-0.2, 0) is 11.2 Å². The second-order valence-corrected chi connectivity index (χ2v) is 6.30. The van der Waals surface area contributed by atoms with Crippen molar-refractivity contribution in [3.8, 4) is 0 Å². The minimum Gasteiger partial charge on any atom is -0.299 e. The van der Waals surface area contributed by atoms with E-state index in [1.54, 1.807) is 11.3 Å². The number of Topliss-reactive ketones (excluding diaryl/α,β-unsaturated/α-hetero) is 1. The van der Waals surface area contributed by atoms with E-state index in [-0.39, 0.29) is 5.41 Å². The molecule has 0 aliphatic carbocycles. The molecular weight excluding hydrogens is 204 g/mol. The smallest absolute Gasteiger partial charge is 0.138 e. The molecule has 1 atom stereocenters. The average molecular weight is 224 g/mol. The molecule has 1 nitrogen and oxygen atoms in total. The van der Waals surface area contributed by atoms with Crippen LogP contribution in [0.25, 0.3) is 0 Å². The van der Waals surface area contributed by atoms with Crippen molar-refractivity contribution < 1.29 is 4.79 Å². The zero-order chi connectivity index (χ0) is 11.5. The third kappa shape index (κ3) is 4.17. The molecule has 1 aromatic heterocycles. The fourth-order valence-corrected chi connectivity index (χ4v) is 2.34. The van der Waals surface area contributed by atoms with Crippen molar-refractivity contribution in [2.75, 3.05) is 0 Å². The van der Waals surface area contributed by atoms with Gasteiger partial charge in [0.1, 0.15) is 5.78 Å². The summed E-state index contributed by atoms with van der Waals surface area (Å²) in [6, 6.07) is 4.21. The van der Waals surface area contributed by atoms with E-state index in [1.807, 2.05) is 20.8 Å². The van der Waals surface area contributed by atoms with Gasteiger partial charge in [0.25, 0.3) is 0 Å². The summed E-state index contributed by atoms with van der Waals surface area (Å²) in [7, 11) is 0. The summed E-state index contributed by atoms with van der Waals surface area (Å²) < 4.78 is 0. The van der Waals surface area contributed by atoms with Gasteiger partial charge in [0.05, 0.1) is 0 Å². The van der Waals surface area contributed by atoms with Crippen molar-refractivity contribution in [2.24, 2.45) is 11.3 Å². The van der Waals surface area contributed by atoms with Gasteiger partial charge in [-0.1, -0.05) is 33.8 Å². The summed E-state index contributed by atoms with van der Waals surface area (Å²) in [5.41, 5.74) is -0.191. The molecule has 0 saturated carbocycles. The van der Waals surface area contributed by atoms with Crippen LogP contribution in [0.15, 0.2) is 17.5 Å². The third-order valence-electron chi connectivity index (χ3n) is 2.50. The van der Waals surface area contributed by atoms with Crippen molar-refractivity contribution in [3.63, 3.8) is 0 Å². The molecule has 1 aromatic rings. The number of carbonyl (C=O) groups excluding carboxylic acids is 1. The van der Waals surface area contributed by atoms with Crippen LogP contribution < -0.4 is 0 Å². The van der Waals surface area contributed by atoms with Gasteiger partial charge >= 0.3 is 0 Å². The maximum absolute atomic E-state index is 11.8. The van der Waals surface area contributed by atoms with Crippen LogP contribution >= 0.6 is 11.3 Å². The fourth-order valence-electron chi connectivity index (χ4n) is 1.47. The number of thiophene rings is 1. The predicted molar refractivity (Wildman–Crippen MR) is 66.3 cm³/mol. The quantitative estimate of drug-likeness (QED) is 0.757. The van der Waals surface area contributed by atoms with E-state index in [9.17, 15) is 4.79 Å². The van der Waals surface area contributed by atoms with Gasteiger partial charge in [-0.25, -0.2) is 0 Å². The molecule has 2 heteroatoms. The van der Waals surface area contributed by atoms with Gasteiger partial charge in [0.15, 0.2) is 0 Å². The Balaban J connectivity index is 2.43. The Labute approximate surface area is 96.5 Å². The van der Waals surface area contributed by atoms with E-state index >= 15 is 0 Å². The van der Waals surface area contributed by atoms with E-state index in [0.717, 1.165) is 6.42 Å². The molecule has 0 N–H and O–H groups in total. The minimum absolute atomic E-state index is 0.191. The maximum Gasteiger partial charge on any atom is 0.138 e. The first kappa shape index (κ1) is 12.4. The van der Waals surface area contributed by atoms with Gasteiger partial charge in [-0.15, -0.1) is 11.3 Å². The standard InChI is InChI=1S/C13H20OS/c1-10(8-11-6-5-7-15-11)9-12(14)13(2,3)4/h5-7,10H,8-9H2,1-4H3/t10-/m1/s1. The molecule has 0 fully saturated rings. The van der Waals surface area contributed by atoms with E-state index in [1.165, 1.54) is 4.88 Å². The molecule has 0 bridgehead atoms. The molecule has 0 aliphatic heterocycles. The van der Waals surface area contributed by atoms with Gasteiger partial charge in [-0.2, -0.15) is 0 Å². The van der Waals surface area contributed by atoms with Gasteiger partial charge < -0.3 is 0 Å². The Bertz CT molecular complexity index is 306. The first-order chi connectivity index (χ1) is 6.89. The predicted octanol–water partition coefficient (Wildman–Crippen LogP) is 3.93. The Kier molecular flexibility index (Phi) is 4.09. The van der Waals surface area contributed by atoms with Crippen molar-refractivity contribution in [1.29, 1.82) is 0 Å². The number of hydrogen-bond donors (Lipinski definition) is 0. The lowest BCUT2D eigenvalue weighted by Crippen LogP contribution is -2.22. The molecule has 0 spiro atoms. The summed E-state index contributed by atoms with van der Waals surface area (Å²) in [5, 5.41) is 2.09. The number of carbonyl (C=O) groups is 1. The first-order valence-electron chi connectivity index (χ1n) is 5.45. The van der Waals surface area contributed by atoms with Crippen molar-refractivity contribution in [2.45, 2.75) is 40.5 Å². The number of hydrogen-bond acceptors (Lipinski definition) is 2. The van der Waals surface area contributed by atoms with E-state index in [0.29, 0.717) is 18.1 Å². The van der Waals surface area contributed by atoms with Crippen LogP contribution in [0.5, 0.6) is 0 Å². The molecule has 0 radical (unpaired) electrons.